The molecule has 0 saturated carbocycles. The third-order valence-corrected chi connectivity index (χ3v) is 6.15. The van der Waals surface area contributed by atoms with Crippen molar-refractivity contribution in [1.82, 2.24) is 9.78 Å². The largest absolute Gasteiger partial charge is 0.507 e. The lowest BCUT2D eigenvalue weighted by molar-refractivity contribution is 0.474. The first-order valence-corrected chi connectivity index (χ1v) is 11.1. The monoisotopic (exact) mass is 425 g/mol. The number of para-hydroxylation sites is 1. The first kappa shape index (κ1) is 20.1. The number of rotatable bonds is 5. The van der Waals surface area contributed by atoms with E-state index in [9.17, 15) is 13.5 Å². The first-order valence-electron chi connectivity index (χ1n) is 9.60. The summed E-state index contributed by atoms with van der Waals surface area (Å²) >= 11 is 0. The maximum absolute atomic E-state index is 11.6. The van der Waals surface area contributed by atoms with Gasteiger partial charge in [-0.1, -0.05) is 12.1 Å². The summed E-state index contributed by atoms with van der Waals surface area (Å²) in [5, 5.41) is 26.7. The molecule has 0 amide bonds. The summed E-state index contributed by atoms with van der Waals surface area (Å²) in [7, 11) is -3.78. The number of phenols is 1. The van der Waals surface area contributed by atoms with E-state index >= 15 is 0 Å². The van der Waals surface area contributed by atoms with E-state index in [1.54, 1.807) is 24.3 Å². The van der Waals surface area contributed by atoms with E-state index in [0.29, 0.717) is 12.0 Å². The van der Waals surface area contributed by atoms with Crippen LogP contribution in [0.5, 0.6) is 5.75 Å². The Kier molecular flexibility index (Phi) is 5.08. The van der Waals surface area contributed by atoms with Gasteiger partial charge in [0.2, 0.25) is 10.0 Å². The molecule has 156 valence electrons. The Morgan fingerprint density at radius 2 is 1.87 bits per heavy atom. The number of nitrogens with zero attached hydrogens (tertiary/aromatic N) is 4. The zero-order valence-corrected chi connectivity index (χ0v) is 17.5. The average Bonchev–Trinajstić information content (AvgIpc) is 3.31. The number of aromatic hydroxyl groups is 1. The van der Waals surface area contributed by atoms with Crippen molar-refractivity contribution in [2.45, 2.75) is 37.8 Å². The summed E-state index contributed by atoms with van der Waals surface area (Å²) in [6.45, 7) is 4.74. The molecule has 1 atom stereocenters. The Bertz CT molecular complexity index is 1220. The number of hydrogen-bond donors (Lipinski definition) is 2. The van der Waals surface area contributed by atoms with Gasteiger partial charge in [0.1, 0.15) is 5.75 Å². The van der Waals surface area contributed by atoms with E-state index in [4.69, 9.17) is 10.2 Å². The van der Waals surface area contributed by atoms with Crippen molar-refractivity contribution in [3.05, 3.63) is 71.5 Å². The lowest BCUT2D eigenvalue weighted by atomic mass is 9.98. The Morgan fingerprint density at radius 3 is 2.47 bits per heavy atom. The molecule has 1 aromatic heterocycles. The van der Waals surface area contributed by atoms with Gasteiger partial charge in [-0.15, -0.1) is 0 Å². The Balaban J connectivity index is 1.79. The highest BCUT2D eigenvalue weighted by Crippen LogP contribution is 2.39. The minimum Gasteiger partial charge on any atom is -0.507 e. The van der Waals surface area contributed by atoms with Crippen LogP contribution < -0.4 is 10.1 Å². The number of anilines is 1. The summed E-state index contributed by atoms with van der Waals surface area (Å²) < 4.78 is 25.1. The molecule has 0 aliphatic carbocycles. The number of hydrazone groups is 1. The Hall–Kier alpha value is -3.17. The van der Waals surface area contributed by atoms with Gasteiger partial charge in [0.15, 0.2) is 0 Å². The number of aromatic nitrogens is 2. The van der Waals surface area contributed by atoms with Crippen LogP contribution >= 0.6 is 0 Å². The van der Waals surface area contributed by atoms with Crippen LogP contribution in [0.2, 0.25) is 0 Å². The summed E-state index contributed by atoms with van der Waals surface area (Å²) in [4.78, 5) is 0.0434. The fourth-order valence-corrected chi connectivity index (χ4v) is 4.20. The molecule has 2 heterocycles. The van der Waals surface area contributed by atoms with Crippen LogP contribution in [0.4, 0.5) is 5.69 Å². The summed E-state index contributed by atoms with van der Waals surface area (Å²) in [5.41, 5.74) is 4.08. The topological polar surface area (TPSA) is 114 Å². The highest BCUT2D eigenvalue weighted by atomic mass is 32.2. The standard InChI is InChI=1S/C21H23N5O3S/c1-3-25-13-18(14(2)23-25)20-12-19(17-6-4-5-7-21(17)27)24-26(20)15-8-10-16(11-9-15)30(22,28)29/h4-11,13,20,27H,3,12H2,1-2H3,(H2,22,28,29)/t20-/m0/s1. The van der Waals surface area contributed by atoms with Crippen molar-refractivity contribution < 1.29 is 13.5 Å². The fraction of sp³-hybridized carbons (Fsp3) is 0.238. The highest BCUT2D eigenvalue weighted by Gasteiger charge is 2.33. The van der Waals surface area contributed by atoms with E-state index in [1.807, 2.05) is 41.9 Å². The quantitative estimate of drug-likeness (QED) is 0.652. The van der Waals surface area contributed by atoms with Gasteiger partial charge in [0.25, 0.3) is 0 Å². The smallest absolute Gasteiger partial charge is 0.238 e. The second-order valence-electron chi connectivity index (χ2n) is 7.19. The molecule has 3 aromatic rings. The van der Waals surface area contributed by atoms with E-state index in [0.717, 1.165) is 29.2 Å². The third-order valence-electron chi connectivity index (χ3n) is 5.22. The van der Waals surface area contributed by atoms with Crippen LogP contribution in [0.25, 0.3) is 0 Å². The Morgan fingerprint density at radius 1 is 1.17 bits per heavy atom. The van der Waals surface area contributed by atoms with Gasteiger partial charge >= 0.3 is 0 Å². The Labute approximate surface area is 175 Å². The van der Waals surface area contributed by atoms with E-state index in [1.165, 1.54) is 12.1 Å². The van der Waals surface area contributed by atoms with Crippen LogP contribution in [0.1, 0.15) is 36.2 Å². The van der Waals surface area contributed by atoms with E-state index < -0.39 is 10.0 Å². The summed E-state index contributed by atoms with van der Waals surface area (Å²) in [5.74, 6) is 0.169. The van der Waals surface area contributed by atoms with Crippen molar-refractivity contribution >= 4 is 21.4 Å². The molecular formula is C21H23N5O3S. The van der Waals surface area contributed by atoms with Gasteiger partial charge in [-0.25, -0.2) is 13.6 Å². The molecular weight excluding hydrogens is 402 g/mol. The van der Waals surface area contributed by atoms with Crippen molar-refractivity contribution in [3.8, 4) is 5.75 Å². The lowest BCUT2D eigenvalue weighted by Gasteiger charge is -2.23. The number of primary sulfonamides is 1. The molecule has 0 spiro atoms. The number of hydrogen-bond acceptors (Lipinski definition) is 6. The lowest BCUT2D eigenvalue weighted by Crippen LogP contribution is -2.19. The van der Waals surface area contributed by atoms with Gasteiger partial charge in [-0.2, -0.15) is 10.2 Å². The fourth-order valence-electron chi connectivity index (χ4n) is 3.68. The summed E-state index contributed by atoms with van der Waals surface area (Å²) in [6, 6.07) is 13.3. The van der Waals surface area contributed by atoms with Gasteiger partial charge in [-0.05, 0) is 50.2 Å². The van der Waals surface area contributed by atoms with Crippen LogP contribution in [0.15, 0.2) is 64.7 Å². The highest BCUT2D eigenvalue weighted by molar-refractivity contribution is 7.89. The second kappa shape index (κ2) is 7.58. The van der Waals surface area contributed by atoms with Gasteiger partial charge < -0.3 is 5.11 Å². The van der Waals surface area contributed by atoms with Crippen molar-refractivity contribution in [2.75, 3.05) is 5.01 Å². The molecule has 4 rings (SSSR count). The predicted octanol–water partition coefficient (Wildman–Crippen LogP) is 2.92. The third kappa shape index (κ3) is 3.69. The summed E-state index contributed by atoms with van der Waals surface area (Å²) in [6.07, 6.45) is 2.58. The zero-order chi connectivity index (χ0) is 21.5. The molecule has 0 radical (unpaired) electrons. The van der Waals surface area contributed by atoms with Crippen molar-refractivity contribution in [3.63, 3.8) is 0 Å². The minimum absolute atomic E-state index is 0.0434. The second-order valence-corrected chi connectivity index (χ2v) is 8.75. The van der Waals surface area contributed by atoms with E-state index in [-0.39, 0.29) is 16.7 Å². The molecule has 9 heteroatoms. The number of sulfonamides is 1. The van der Waals surface area contributed by atoms with E-state index in [2.05, 4.69) is 5.10 Å². The molecule has 1 aliphatic rings. The van der Waals surface area contributed by atoms with Gasteiger partial charge in [0.05, 0.1) is 28.0 Å². The van der Waals surface area contributed by atoms with Crippen molar-refractivity contribution in [1.29, 1.82) is 0 Å². The number of nitrogens with two attached hydrogens (primary N) is 1. The van der Waals surface area contributed by atoms with Gasteiger partial charge in [0, 0.05) is 30.3 Å². The van der Waals surface area contributed by atoms with Crippen molar-refractivity contribution in [2.24, 2.45) is 10.2 Å². The zero-order valence-electron chi connectivity index (χ0n) is 16.7. The maximum Gasteiger partial charge on any atom is 0.238 e. The van der Waals surface area contributed by atoms with Crippen LogP contribution in [-0.4, -0.2) is 29.0 Å². The average molecular weight is 426 g/mol. The van der Waals surface area contributed by atoms with Gasteiger partial charge in [-0.3, -0.25) is 9.69 Å². The molecule has 30 heavy (non-hydrogen) atoms. The SMILES string of the molecule is CCn1cc([C@@H]2CC(c3ccccc3O)=NN2c2ccc(S(N)(=O)=O)cc2)c(C)n1. The first-order chi connectivity index (χ1) is 14.3. The molecule has 1 aliphatic heterocycles. The molecule has 0 unspecified atom stereocenters. The van der Waals surface area contributed by atoms with Crippen LogP contribution in [0.3, 0.4) is 0 Å². The van der Waals surface area contributed by atoms with Crippen LogP contribution in [-0.2, 0) is 16.6 Å². The molecule has 0 fully saturated rings. The number of benzene rings is 2. The normalized spacial score (nSPS) is 16.7. The molecule has 3 N–H and O–H groups in total. The molecule has 2 aromatic carbocycles. The maximum atomic E-state index is 11.6. The van der Waals surface area contributed by atoms with Crippen LogP contribution in [0, 0.1) is 6.92 Å². The molecule has 0 saturated heterocycles. The molecule has 8 nitrogen and oxygen atoms in total. The minimum atomic E-state index is -3.78. The molecule has 0 bridgehead atoms. The number of phenolic OH excluding ortho intramolecular Hbond substituents is 1. The number of aryl methyl sites for hydroxylation is 2. The predicted molar refractivity (Wildman–Crippen MR) is 115 cm³/mol.